The van der Waals surface area contributed by atoms with E-state index in [1.54, 1.807) is 0 Å². The van der Waals surface area contributed by atoms with Crippen molar-refractivity contribution in [2.75, 3.05) is 18.0 Å². The molecule has 2 saturated heterocycles. The molecule has 3 atom stereocenters. The van der Waals surface area contributed by atoms with E-state index in [1.807, 2.05) is 0 Å². The van der Waals surface area contributed by atoms with Crippen molar-refractivity contribution >= 4 is 63.4 Å². The monoisotopic (exact) mass is 416 g/mol. The van der Waals surface area contributed by atoms with Crippen LogP contribution in [0, 0.1) is 5.41 Å². The minimum atomic E-state index is -1.28. The number of amides is 2. The van der Waals surface area contributed by atoms with Crippen molar-refractivity contribution in [3.05, 3.63) is 22.7 Å². The maximum absolute atomic E-state index is 12.3. The maximum Gasteiger partial charge on any atom is 0.316 e. The molecule has 0 radical (unpaired) electrons. The first-order chi connectivity index (χ1) is 12.3. The number of carbonyl (C=O) groups excluding carboxylic acids is 3. The third kappa shape index (κ3) is 3.06. The number of carboxylic acids is 1. The van der Waals surface area contributed by atoms with Gasteiger partial charge in [-0.25, -0.2) is 4.98 Å². The molecular formula is C14H13ClN4O5S2. The minimum absolute atomic E-state index is 0.0506. The van der Waals surface area contributed by atoms with Crippen LogP contribution in [0.4, 0.5) is 5.13 Å². The Kier molecular flexibility index (Phi) is 4.95. The fraction of sp³-hybridized carbons (Fsp3) is 0.357. The molecule has 2 aliphatic heterocycles. The lowest BCUT2D eigenvalue weighted by atomic mass is 9.87. The van der Waals surface area contributed by atoms with Gasteiger partial charge in [0.15, 0.2) is 5.13 Å². The number of anilines is 1. The molecule has 12 heteroatoms. The first kappa shape index (κ1) is 18.7. The molecule has 3 heterocycles. The first-order valence-electron chi connectivity index (χ1n) is 7.28. The molecule has 4 N–H and O–H groups in total. The summed E-state index contributed by atoms with van der Waals surface area (Å²) in [7, 11) is 0. The highest BCUT2D eigenvalue weighted by atomic mass is 35.5. The lowest BCUT2D eigenvalue weighted by Crippen LogP contribution is -2.73. The summed E-state index contributed by atoms with van der Waals surface area (Å²) in [6, 6.07) is -0.890. The van der Waals surface area contributed by atoms with Crippen LogP contribution in [-0.2, 0) is 14.4 Å². The number of nitrogens with two attached hydrogens (primary N) is 1. The number of nitrogens with one attached hydrogen (secondary N) is 1. The van der Waals surface area contributed by atoms with E-state index in [9.17, 15) is 24.3 Å². The van der Waals surface area contributed by atoms with Gasteiger partial charge in [-0.1, -0.05) is 17.7 Å². The molecule has 138 valence electrons. The zero-order valence-electron chi connectivity index (χ0n) is 13.0. The summed E-state index contributed by atoms with van der Waals surface area (Å²) in [4.78, 5) is 53.1. The quantitative estimate of drug-likeness (QED) is 0.349. The SMILES string of the molecule is Nc1nc(C(=O)C(=O)NC2C(=O)N3CC(C=CCl)(C(=O)O)CS[C@H]23)cs1. The van der Waals surface area contributed by atoms with Gasteiger partial charge in [-0.2, -0.15) is 0 Å². The van der Waals surface area contributed by atoms with Gasteiger partial charge in [0.25, 0.3) is 11.7 Å². The minimum Gasteiger partial charge on any atom is -0.481 e. The van der Waals surface area contributed by atoms with Crippen molar-refractivity contribution in [1.82, 2.24) is 15.2 Å². The maximum atomic E-state index is 12.3. The topological polar surface area (TPSA) is 143 Å². The van der Waals surface area contributed by atoms with E-state index in [0.29, 0.717) is 0 Å². The molecule has 2 amide bonds. The molecule has 2 fully saturated rings. The van der Waals surface area contributed by atoms with Crippen molar-refractivity contribution in [3.63, 3.8) is 0 Å². The number of aliphatic carboxylic acids is 1. The molecular weight excluding hydrogens is 404 g/mol. The molecule has 1 aromatic rings. The predicted molar refractivity (Wildman–Crippen MR) is 95.8 cm³/mol. The summed E-state index contributed by atoms with van der Waals surface area (Å²) in [6.07, 6.45) is 1.34. The number of ketones is 1. The van der Waals surface area contributed by atoms with E-state index < -0.39 is 40.4 Å². The number of hydrogen-bond donors (Lipinski definition) is 3. The Morgan fingerprint density at radius 3 is 2.81 bits per heavy atom. The standard InChI is InChI=1S/C14H13ClN4O5S2/c15-2-1-14(12(23)24)4-19-10(22)7(11(19)26-5-14)18-9(21)8(20)6-3-25-13(16)17-6/h1-3,7,11H,4-5H2,(H2,16,17)(H,18,21)(H,23,24)/t7?,11-,14?/m1/s1. The van der Waals surface area contributed by atoms with Crippen LogP contribution >= 0.6 is 34.7 Å². The van der Waals surface area contributed by atoms with Gasteiger partial charge in [0.2, 0.25) is 5.91 Å². The zero-order chi connectivity index (χ0) is 19.1. The second-order valence-electron chi connectivity index (χ2n) is 5.77. The van der Waals surface area contributed by atoms with Crippen molar-refractivity contribution < 1.29 is 24.3 Å². The van der Waals surface area contributed by atoms with Crippen LogP contribution in [0.1, 0.15) is 10.5 Å². The fourth-order valence-corrected chi connectivity index (χ4v) is 5.03. The number of aromatic nitrogens is 1. The van der Waals surface area contributed by atoms with E-state index in [2.05, 4.69) is 10.3 Å². The van der Waals surface area contributed by atoms with Gasteiger partial charge in [0.05, 0.1) is 0 Å². The van der Waals surface area contributed by atoms with Gasteiger partial charge in [0, 0.05) is 23.2 Å². The number of Topliss-reactive ketones (excluding diaryl/α,β-unsaturated/α-hetero) is 1. The number of carboxylic acid groups (broad SMARTS) is 1. The van der Waals surface area contributed by atoms with Crippen LogP contribution in [0.15, 0.2) is 17.0 Å². The number of halogens is 1. The number of hydrogen-bond acceptors (Lipinski definition) is 8. The van der Waals surface area contributed by atoms with E-state index in [1.165, 1.54) is 28.1 Å². The number of β-lactam (4-membered cyclic amide) rings is 1. The summed E-state index contributed by atoms with van der Waals surface area (Å²) in [6.45, 7) is -0.0506. The molecule has 0 spiro atoms. The molecule has 2 aliphatic rings. The van der Waals surface area contributed by atoms with Crippen molar-refractivity contribution in [2.24, 2.45) is 5.41 Å². The van der Waals surface area contributed by atoms with E-state index >= 15 is 0 Å². The fourth-order valence-electron chi connectivity index (χ4n) is 2.73. The lowest BCUT2D eigenvalue weighted by molar-refractivity contribution is -0.156. The van der Waals surface area contributed by atoms with Crippen LogP contribution < -0.4 is 11.1 Å². The van der Waals surface area contributed by atoms with Crippen LogP contribution in [0.3, 0.4) is 0 Å². The average molecular weight is 417 g/mol. The van der Waals surface area contributed by atoms with Crippen molar-refractivity contribution in [1.29, 1.82) is 0 Å². The number of nitrogens with zero attached hydrogens (tertiary/aromatic N) is 2. The van der Waals surface area contributed by atoms with Crippen LogP contribution in [-0.4, -0.2) is 62.3 Å². The van der Waals surface area contributed by atoms with Gasteiger partial charge in [0.1, 0.15) is 22.5 Å². The number of thioether (sulfide) groups is 1. The van der Waals surface area contributed by atoms with Crippen molar-refractivity contribution in [2.45, 2.75) is 11.4 Å². The molecule has 0 saturated carbocycles. The lowest BCUT2D eigenvalue weighted by Gasteiger charge is -2.53. The number of rotatable bonds is 5. The molecule has 0 bridgehead atoms. The smallest absolute Gasteiger partial charge is 0.316 e. The summed E-state index contributed by atoms with van der Waals surface area (Å²) in [5.74, 6) is -3.19. The molecule has 0 aromatic carbocycles. The Morgan fingerprint density at radius 2 is 2.23 bits per heavy atom. The third-order valence-electron chi connectivity index (χ3n) is 4.16. The van der Waals surface area contributed by atoms with Crippen LogP contribution in [0.25, 0.3) is 0 Å². The van der Waals surface area contributed by atoms with Crippen LogP contribution in [0.5, 0.6) is 0 Å². The van der Waals surface area contributed by atoms with E-state index in [0.717, 1.165) is 16.9 Å². The van der Waals surface area contributed by atoms with Gasteiger partial charge in [-0.05, 0) is 0 Å². The number of nitrogen functional groups attached to an aromatic ring is 1. The third-order valence-corrected chi connectivity index (χ3v) is 6.51. The normalized spacial score (nSPS) is 27.7. The Bertz CT molecular complexity index is 828. The summed E-state index contributed by atoms with van der Waals surface area (Å²) < 4.78 is 0. The van der Waals surface area contributed by atoms with E-state index in [4.69, 9.17) is 17.3 Å². The molecule has 2 unspecified atom stereocenters. The highest BCUT2D eigenvalue weighted by Gasteiger charge is 2.56. The average Bonchev–Trinajstić information content (AvgIpc) is 3.05. The van der Waals surface area contributed by atoms with Gasteiger partial charge in [-0.3, -0.25) is 19.2 Å². The molecule has 1 aromatic heterocycles. The molecule has 9 nitrogen and oxygen atoms in total. The van der Waals surface area contributed by atoms with Crippen molar-refractivity contribution in [3.8, 4) is 0 Å². The number of carbonyl (C=O) groups is 4. The second kappa shape index (κ2) is 6.89. The second-order valence-corrected chi connectivity index (χ2v) is 8.02. The summed E-state index contributed by atoms with van der Waals surface area (Å²) in [5, 5.41) is 12.9. The van der Waals surface area contributed by atoms with Gasteiger partial charge < -0.3 is 21.1 Å². The Labute approximate surface area is 160 Å². The Hall–Kier alpha value is -2.11. The highest BCUT2D eigenvalue weighted by molar-refractivity contribution is 8.00. The predicted octanol–water partition coefficient (Wildman–Crippen LogP) is 0.131. The molecule has 26 heavy (non-hydrogen) atoms. The first-order valence-corrected chi connectivity index (χ1v) is 9.65. The summed E-state index contributed by atoms with van der Waals surface area (Å²) in [5.41, 5.74) is 5.20. The highest BCUT2D eigenvalue weighted by Crippen LogP contribution is 2.43. The zero-order valence-corrected chi connectivity index (χ0v) is 15.4. The van der Waals surface area contributed by atoms with E-state index in [-0.39, 0.29) is 23.1 Å². The molecule has 0 aliphatic carbocycles. The molecule has 3 rings (SSSR count). The summed E-state index contributed by atoms with van der Waals surface area (Å²) >= 11 is 7.77. The number of thiazole rings is 1. The Balaban J connectivity index is 1.67. The largest absolute Gasteiger partial charge is 0.481 e. The van der Waals surface area contributed by atoms with Gasteiger partial charge in [-0.15, -0.1) is 23.1 Å². The van der Waals surface area contributed by atoms with Crippen LogP contribution in [0.2, 0.25) is 0 Å². The van der Waals surface area contributed by atoms with Gasteiger partial charge >= 0.3 is 5.97 Å². The Morgan fingerprint density at radius 1 is 1.50 bits per heavy atom. The number of fused-ring (bicyclic) bond motifs is 1.